The van der Waals surface area contributed by atoms with Crippen LogP contribution in [-0.4, -0.2) is 39.9 Å². The van der Waals surface area contributed by atoms with Crippen LogP contribution in [0.25, 0.3) is 0 Å². The lowest BCUT2D eigenvalue weighted by Gasteiger charge is -2.28. The highest BCUT2D eigenvalue weighted by molar-refractivity contribution is 9.12. The molecule has 2 heterocycles. The van der Waals surface area contributed by atoms with Gasteiger partial charge in [-0.1, -0.05) is 61.1 Å². The first kappa shape index (κ1) is 26.3. The van der Waals surface area contributed by atoms with Gasteiger partial charge in [-0.05, 0) is 61.1 Å². The van der Waals surface area contributed by atoms with E-state index in [0.717, 1.165) is 6.42 Å². The van der Waals surface area contributed by atoms with Crippen LogP contribution in [0.4, 0.5) is 11.4 Å². The van der Waals surface area contributed by atoms with Crippen LogP contribution in [-0.2, 0) is 19.2 Å². The van der Waals surface area contributed by atoms with E-state index in [9.17, 15) is 19.2 Å². The average molecular weight is 685 g/mol. The molecule has 11 heteroatoms. The third kappa shape index (κ3) is 3.95. The molecule has 2 saturated carbocycles. The van der Waals surface area contributed by atoms with Gasteiger partial charge in [-0.25, -0.2) is 4.90 Å². The van der Waals surface area contributed by atoms with Crippen LogP contribution in [0.1, 0.15) is 18.4 Å². The Morgan fingerprint density at radius 2 is 1.63 bits per heavy atom. The van der Waals surface area contributed by atoms with Crippen molar-refractivity contribution in [3.05, 3.63) is 52.0 Å². The zero-order chi connectivity index (χ0) is 27.0. The molecule has 0 radical (unpaired) electrons. The molecule has 0 aromatic heterocycles. The molecule has 2 aliphatic carbocycles. The van der Waals surface area contributed by atoms with Gasteiger partial charge in [0, 0.05) is 22.6 Å². The first-order valence-electron chi connectivity index (χ1n) is 12.3. The van der Waals surface area contributed by atoms with Crippen LogP contribution >= 0.6 is 55.1 Å². The number of anilines is 2. The fourth-order valence-electron chi connectivity index (χ4n) is 6.53. The van der Waals surface area contributed by atoms with E-state index in [4.69, 9.17) is 27.9 Å². The van der Waals surface area contributed by atoms with E-state index in [-0.39, 0.29) is 74.8 Å². The lowest BCUT2D eigenvalue weighted by molar-refractivity contribution is -0.139. The summed E-state index contributed by atoms with van der Waals surface area (Å²) in [6.45, 7) is 1.90. The Morgan fingerprint density at radius 1 is 0.974 bits per heavy atom. The fourth-order valence-corrected chi connectivity index (χ4v) is 8.80. The molecule has 7 atom stereocenters. The van der Waals surface area contributed by atoms with E-state index >= 15 is 0 Å². The summed E-state index contributed by atoms with van der Waals surface area (Å²) in [4.78, 5) is 55.4. The molecular weight excluding hydrogens is 663 g/mol. The number of alkyl halides is 2. The van der Waals surface area contributed by atoms with E-state index in [1.165, 1.54) is 9.80 Å². The summed E-state index contributed by atoms with van der Waals surface area (Å²) >= 11 is 19.8. The van der Waals surface area contributed by atoms with Gasteiger partial charge in [-0.2, -0.15) is 0 Å². The number of imide groups is 1. The number of hydrogen-bond donors (Lipinski definition) is 0. The number of nitrogens with zero attached hydrogens (tertiary/aromatic N) is 2. The predicted octanol–water partition coefficient (Wildman–Crippen LogP) is 5.54. The molecule has 198 valence electrons. The van der Waals surface area contributed by atoms with E-state index in [0.29, 0.717) is 22.0 Å². The molecule has 4 fully saturated rings. The van der Waals surface area contributed by atoms with Crippen molar-refractivity contribution in [3.8, 4) is 5.75 Å². The molecule has 4 aliphatic rings. The summed E-state index contributed by atoms with van der Waals surface area (Å²) in [5.74, 6) is -1.86. The van der Waals surface area contributed by atoms with E-state index in [2.05, 4.69) is 31.9 Å². The number of halogens is 4. The molecule has 0 N–H and O–H groups in total. The van der Waals surface area contributed by atoms with Crippen molar-refractivity contribution in [2.75, 3.05) is 16.3 Å². The van der Waals surface area contributed by atoms with E-state index < -0.39 is 11.9 Å². The van der Waals surface area contributed by atoms with Crippen molar-refractivity contribution < 1.29 is 23.9 Å². The topological polar surface area (TPSA) is 84.0 Å². The largest absolute Gasteiger partial charge is 0.426 e. The minimum atomic E-state index is -0.677. The molecule has 2 aliphatic heterocycles. The second-order valence-electron chi connectivity index (χ2n) is 10.4. The summed E-state index contributed by atoms with van der Waals surface area (Å²) in [6, 6.07) is 9.86. The highest BCUT2D eigenvalue weighted by Gasteiger charge is 2.66. The second kappa shape index (κ2) is 9.61. The van der Waals surface area contributed by atoms with E-state index in [1.807, 2.05) is 0 Å². The Morgan fingerprint density at radius 3 is 2.26 bits per heavy atom. The van der Waals surface area contributed by atoms with Crippen LogP contribution < -0.4 is 14.5 Å². The number of hydrogen-bond acceptors (Lipinski definition) is 5. The number of aryl methyl sites for hydroxylation is 1. The summed E-state index contributed by atoms with van der Waals surface area (Å²) in [5.41, 5.74) is 1.60. The molecule has 2 bridgehead atoms. The molecule has 3 amide bonds. The SMILES string of the molecule is Cc1cc(OC(=O)[C@@H]2CC(=O)N(c3cccc(Cl)c3Cl)C2)ccc1N1C(=O)[C@@H]2[C@H]3C[C@@H]([C@@H](Br)[C@H]3Br)[C@H]2C1=O. The van der Waals surface area contributed by atoms with Gasteiger partial charge in [0.2, 0.25) is 17.7 Å². The lowest BCUT2D eigenvalue weighted by atomic mass is 9.81. The van der Waals surface area contributed by atoms with Gasteiger partial charge in [0.25, 0.3) is 0 Å². The van der Waals surface area contributed by atoms with Crippen molar-refractivity contribution in [1.29, 1.82) is 0 Å². The minimum Gasteiger partial charge on any atom is -0.426 e. The Hall–Kier alpha value is -1.94. The normalized spacial score (nSPS) is 31.9. The third-order valence-electron chi connectivity index (χ3n) is 8.30. The van der Waals surface area contributed by atoms with Crippen molar-refractivity contribution in [2.24, 2.45) is 29.6 Å². The van der Waals surface area contributed by atoms with Crippen molar-refractivity contribution >= 4 is 90.1 Å². The van der Waals surface area contributed by atoms with Crippen molar-refractivity contribution in [2.45, 2.75) is 29.4 Å². The van der Waals surface area contributed by atoms with Crippen LogP contribution in [0, 0.1) is 36.5 Å². The highest BCUT2D eigenvalue weighted by atomic mass is 79.9. The highest BCUT2D eigenvalue weighted by Crippen LogP contribution is 2.60. The van der Waals surface area contributed by atoms with Gasteiger partial charge in [0.15, 0.2) is 0 Å². The molecular formula is C27H22Br2Cl2N2O5. The van der Waals surface area contributed by atoms with Crippen LogP contribution in [0.15, 0.2) is 36.4 Å². The Balaban J connectivity index is 1.17. The minimum absolute atomic E-state index is 0.0102. The number of rotatable bonds is 4. The van der Waals surface area contributed by atoms with Gasteiger partial charge in [-0.15, -0.1) is 0 Å². The lowest BCUT2D eigenvalue weighted by Crippen LogP contribution is -2.37. The number of carbonyl (C=O) groups is 4. The number of ether oxygens (including phenoxy) is 1. The molecule has 38 heavy (non-hydrogen) atoms. The van der Waals surface area contributed by atoms with Crippen LogP contribution in [0.5, 0.6) is 5.75 Å². The van der Waals surface area contributed by atoms with Gasteiger partial charge in [0.05, 0.1) is 39.2 Å². The summed E-state index contributed by atoms with van der Waals surface area (Å²) in [5, 5.41) is 0.577. The monoisotopic (exact) mass is 682 g/mol. The Labute approximate surface area is 246 Å². The molecule has 2 aromatic rings. The Kier molecular flexibility index (Phi) is 6.65. The Bertz CT molecular complexity index is 1370. The molecule has 0 unspecified atom stereocenters. The van der Waals surface area contributed by atoms with Gasteiger partial charge in [-0.3, -0.25) is 19.2 Å². The summed E-state index contributed by atoms with van der Waals surface area (Å²) < 4.78 is 5.61. The zero-order valence-electron chi connectivity index (χ0n) is 20.1. The number of benzene rings is 2. The quantitative estimate of drug-likeness (QED) is 0.183. The van der Waals surface area contributed by atoms with E-state index in [1.54, 1.807) is 43.3 Å². The molecule has 7 nitrogen and oxygen atoms in total. The third-order valence-corrected chi connectivity index (χ3v) is 12.3. The smallest absolute Gasteiger partial charge is 0.316 e. The number of fused-ring (bicyclic) bond motifs is 5. The number of amides is 3. The molecule has 2 aromatic carbocycles. The van der Waals surface area contributed by atoms with Gasteiger partial charge >= 0.3 is 5.97 Å². The van der Waals surface area contributed by atoms with Gasteiger partial charge in [0.1, 0.15) is 5.75 Å². The predicted molar refractivity (Wildman–Crippen MR) is 150 cm³/mol. The fraction of sp³-hybridized carbons (Fsp3) is 0.407. The van der Waals surface area contributed by atoms with Crippen molar-refractivity contribution in [3.63, 3.8) is 0 Å². The average Bonchev–Trinajstić information content (AvgIpc) is 3.59. The van der Waals surface area contributed by atoms with Gasteiger partial charge < -0.3 is 9.64 Å². The summed E-state index contributed by atoms with van der Waals surface area (Å²) in [6.07, 6.45) is 0.856. The summed E-state index contributed by atoms with van der Waals surface area (Å²) in [7, 11) is 0. The maximum absolute atomic E-state index is 13.4. The van der Waals surface area contributed by atoms with Crippen LogP contribution in [0.2, 0.25) is 10.0 Å². The first-order valence-corrected chi connectivity index (χ1v) is 14.9. The number of esters is 1. The zero-order valence-corrected chi connectivity index (χ0v) is 24.8. The van der Waals surface area contributed by atoms with Crippen molar-refractivity contribution in [1.82, 2.24) is 0 Å². The maximum atomic E-state index is 13.4. The van der Waals surface area contributed by atoms with Crippen LogP contribution in [0.3, 0.4) is 0 Å². The standard InChI is InChI=1S/C27H22Br2Cl2N2O5/c1-11-7-13(38-27(37)12-8-19(34)32(10-12)18-4-2-3-16(30)24(18)31)5-6-17(11)33-25(35)20-14-9-15(21(20)26(33)36)23(29)22(14)28/h2-7,12,14-15,20-23H,8-10H2,1H3/t12-,14-,15-,20-,21-,22-,23+/m1/s1. The number of carbonyl (C=O) groups excluding carboxylic acids is 4. The molecule has 2 saturated heterocycles. The molecule has 6 rings (SSSR count). The first-order chi connectivity index (χ1) is 18.1. The second-order valence-corrected chi connectivity index (χ2v) is 13.3. The maximum Gasteiger partial charge on any atom is 0.316 e. The molecule has 0 spiro atoms.